The number of methoxy groups -OCH3 is 1. The van der Waals surface area contributed by atoms with Gasteiger partial charge in [-0.1, -0.05) is 30.3 Å². The van der Waals surface area contributed by atoms with Gasteiger partial charge in [-0.3, -0.25) is 14.2 Å². The Morgan fingerprint density at radius 1 is 1.17 bits per heavy atom. The first kappa shape index (κ1) is 25.1. The molecule has 0 amide bonds. The molecule has 4 aromatic rings. The van der Waals surface area contributed by atoms with E-state index in [1.807, 2.05) is 48.7 Å². The number of allylic oxidation sites excluding steroid dienone is 1. The van der Waals surface area contributed by atoms with Crippen molar-refractivity contribution < 1.29 is 19.1 Å². The number of aromatic nitrogens is 3. The summed E-state index contributed by atoms with van der Waals surface area (Å²) in [6.45, 7) is 4.12. The largest absolute Gasteiger partial charge is 0.465 e. The van der Waals surface area contributed by atoms with Gasteiger partial charge in [-0.2, -0.15) is 4.98 Å². The second-order valence-electron chi connectivity index (χ2n) is 8.32. The molecule has 186 valence electrons. The number of nitrogen functional groups attached to an aromatic ring is 1. The van der Waals surface area contributed by atoms with E-state index in [4.69, 9.17) is 15.2 Å². The Hall–Kier alpha value is -4.02. The number of carbonyl (C=O) groups is 2. The molecule has 0 atom stereocenters. The van der Waals surface area contributed by atoms with Gasteiger partial charge in [0.1, 0.15) is 17.3 Å². The van der Waals surface area contributed by atoms with Crippen LogP contribution in [0.25, 0.3) is 22.7 Å². The van der Waals surface area contributed by atoms with Gasteiger partial charge in [-0.25, -0.2) is 4.79 Å². The average molecular weight is 507 g/mol. The third-order valence-corrected chi connectivity index (χ3v) is 6.60. The fraction of sp³-hybridized carbons (Fsp3) is 0.231. The molecular formula is C26H26N4O5S. The number of nitrogens with zero attached hydrogens (tertiary/aromatic N) is 3. The highest BCUT2D eigenvalue weighted by Crippen LogP contribution is 2.28. The summed E-state index contributed by atoms with van der Waals surface area (Å²) < 4.78 is 13.5. The molecule has 0 aliphatic rings. The number of fused-ring (bicyclic) bond motifs is 1. The molecule has 3 aromatic heterocycles. The highest BCUT2D eigenvalue weighted by molar-refractivity contribution is 7.15. The van der Waals surface area contributed by atoms with Crippen molar-refractivity contribution in [3.63, 3.8) is 0 Å². The zero-order valence-electron chi connectivity index (χ0n) is 20.1. The van der Waals surface area contributed by atoms with Crippen LogP contribution in [0.4, 0.5) is 5.95 Å². The Labute approximate surface area is 211 Å². The number of benzene rings is 1. The number of hydrogen-bond acceptors (Lipinski definition) is 8. The van der Waals surface area contributed by atoms with Crippen molar-refractivity contribution in [3.8, 4) is 0 Å². The predicted molar refractivity (Wildman–Crippen MR) is 140 cm³/mol. The van der Waals surface area contributed by atoms with Crippen molar-refractivity contribution in [2.45, 2.75) is 33.2 Å². The van der Waals surface area contributed by atoms with Gasteiger partial charge in [0.15, 0.2) is 6.29 Å². The van der Waals surface area contributed by atoms with Crippen molar-refractivity contribution in [2.75, 3.05) is 12.8 Å². The SMILES string of the molecule is COC(=O)c1ccc(C(C=O)=Cc2cn(Cc3ccccc3)c3nc(N)n(COC(C)C)c(=O)c23)s1. The molecule has 10 heteroatoms. The van der Waals surface area contributed by atoms with Gasteiger partial charge in [-0.15, -0.1) is 11.3 Å². The lowest BCUT2D eigenvalue weighted by Crippen LogP contribution is -2.27. The summed E-state index contributed by atoms with van der Waals surface area (Å²) in [7, 11) is 1.30. The molecule has 0 unspecified atom stereocenters. The topological polar surface area (TPSA) is 118 Å². The predicted octanol–water partition coefficient (Wildman–Crippen LogP) is 3.80. The number of rotatable bonds is 9. The van der Waals surface area contributed by atoms with Gasteiger partial charge < -0.3 is 19.8 Å². The minimum atomic E-state index is -0.483. The zero-order valence-corrected chi connectivity index (χ0v) is 21.0. The first-order chi connectivity index (χ1) is 17.3. The van der Waals surface area contributed by atoms with Gasteiger partial charge in [-0.05, 0) is 37.6 Å². The fourth-order valence-corrected chi connectivity index (χ4v) is 4.61. The molecule has 36 heavy (non-hydrogen) atoms. The van der Waals surface area contributed by atoms with Crippen molar-refractivity contribution in [3.05, 3.63) is 79.9 Å². The van der Waals surface area contributed by atoms with E-state index in [2.05, 4.69) is 4.98 Å². The van der Waals surface area contributed by atoms with Crippen LogP contribution in [0, 0.1) is 0 Å². The number of ether oxygens (including phenoxy) is 2. The van der Waals surface area contributed by atoms with E-state index >= 15 is 0 Å². The van der Waals surface area contributed by atoms with Crippen LogP contribution in [0.3, 0.4) is 0 Å². The van der Waals surface area contributed by atoms with E-state index in [0.29, 0.717) is 44.8 Å². The summed E-state index contributed by atoms with van der Waals surface area (Å²) >= 11 is 1.13. The maximum absolute atomic E-state index is 13.6. The van der Waals surface area contributed by atoms with Crippen LogP contribution in [-0.2, 0) is 27.5 Å². The molecule has 0 aliphatic carbocycles. The smallest absolute Gasteiger partial charge is 0.348 e. The van der Waals surface area contributed by atoms with E-state index < -0.39 is 5.97 Å². The molecule has 0 saturated carbocycles. The second-order valence-corrected chi connectivity index (χ2v) is 9.40. The van der Waals surface area contributed by atoms with Crippen LogP contribution < -0.4 is 11.3 Å². The summed E-state index contributed by atoms with van der Waals surface area (Å²) in [4.78, 5) is 42.9. The lowest BCUT2D eigenvalue weighted by atomic mass is 10.1. The highest BCUT2D eigenvalue weighted by Gasteiger charge is 2.19. The number of aldehydes is 1. The fourth-order valence-electron chi connectivity index (χ4n) is 3.71. The lowest BCUT2D eigenvalue weighted by molar-refractivity contribution is -0.103. The van der Waals surface area contributed by atoms with E-state index in [-0.39, 0.29) is 24.3 Å². The van der Waals surface area contributed by atoms with Crippen LogP contribution >= 0.6 is 11.3 Å². The molecule has 4 rings (SSSR count). The third kappa shape index (κ3) is 5.14. The van der Waals surface area contributed by atoms with Crippen molar-refractivity contribution >= 4 is 52.2 Å². The summed E-state index contributed by atoms with van der Waals surface area (Å²) in [5.74, 6) is -0.448. The van der Waals surface area contributed by atoms with Crippen LogP contribution in [-0.4, -0.2) is 39.6 Å². The zero-order chi connectivity index (χ0) is 25.8. The van der Waals surface area contributed by atoms with E-state index in [1.165, 1.54) is 11.7 Å². The molecular weight excluding hydrogens is 480 g/mol. The van der Waals surface area contributed by atoms with Crippen LogP contribution in [0.2, 0.25) is 0 Å². The Morgan fingerprint density at radius 2 is 1.89 bits per heavy atom. The molecule has 0 fully saturated rings. The third-order valence-electron chi connectivity index (χ3n) is 5.48. The van der Waals surface area contributed by atoms with Gasteiger partial charge in [0, 0.05) is 28.8 Å². The minimum absolute atomic E-state index is 0.0349. The summed E-state index contributed by atoms with van der Waals surface area (Å²) in [6.07, 6.45) is 3.98. The highest BCUT2D eigenvalue weighted by atomic mass is 32.1. The summed E-state index contributed by atoms with van der Waals surface area (Å²) in [6, 6.07) is 13.0. The second kappa shape index (κ2) is 10.7. The first-order valence-corrected chi connectivity index (χ1v) is 12.0. The van der Waals surface area contributed by atoms with Crippen LogP contribution in [0.1, 0.15) is 39.5 Å². The van der Waals surface area contributed by atoms with Gasteiger partial charge in [0.2, 0.25) is 5.95 Å². The lowest BCUT2D eigenvalue weighted by Gasteiger charge is -2.13. The molecule has 9 nitrogen and oxygen atoms in total. The maximum Gasteiger partial charge on any atom is 0.348 e. The number of thiophene rings is 1. The van der Waals surface area contributed by atoms with Crippen LogP contribution in [0.5, 0.6) is 0 Å². The van der Waals surface area contributed by atoms with Crippen molar-refractivity contribution in [2.24, 2.45) is 0 Å². The molecule has 2 N–H and O–H groups in total. The van der Waals surface area contributed by atoms with Gasteiger partial charge in [0.25, 0.3) is 5.56 Å². The Balaban J connectivity index is 1.89. The Kier molecular flexibility index (Phi) is 7.47. The summed E-state index contributed by atoms with van der Waals surface area (Å²) in [5.41, 5.74) is 8.01. The quantitative estimate of drug-likeness (QED) is 0.208. The number of esters is 1. The number of nitrogens with two attached hydrogens (primary N) is 1. The molecule has 0 radical (unpaired) electrons. The normalized spacial score (nSPS) is 11.8. The number of anilines is 1. The number of hydrogen-bond donors (Lipinski definition) is 1. The standard InChI is InChI=1S/C26H26N4O5S/c1-16(2)35-15-30-24(32)22-18(11-19(14-31)20-9-10-21(36-20)25(33)34-3)13-29(23(22)28-26(30)27)12-17-7-5-4-6-8-17/h4-11,13-14,16H,12,15H2,1-3H3,(H2,27,28). The van der Waals surface area contributed by atoms with Crippen molar-refractivity contribution in [1.29, 1.82) is 0 Å². The Morgan fingerprint density at radius 3 is 2.56 bits per heavy atom. The average Bonchev–Trinajstić information content (AvgIpc) is 3.48. The van der Waals surface area contributed by atoms with Gasteiger partial charge in [0.05, 0.1) is 18.6 Å². The molecule has 0 bridgehead atoms. The minimum Gasteiger partial charge on any atom is -0.465 e. The van der Waals surface area contributed by atoms with Crippen LogP contribution in [0.15, 0.2) is 53.5 Å². The van der Waals surface area contributed by atoms with Gasteiger partial charge >= 0.3 is 5.97 Å². The monoisotopic (exact) mass is 506 g/mol. The molecule has 0 saturated heterocycles. The first-order valence-electron chi connectivity index (χ1n) is 11.2. The molecule has 1 aromatic carbocycles. The Bertz CT molecular complexity index is 1500. The maximum atomic E-state index is 13.6. The molecule has 3 heterocycles. The number of carbonyl (C=O) groups excluding carboxylic acids is 2. The summed E-state index contributed by atoms with van der Waals surface area (Å²) in [5, 5.41) is 0.316. The van der Waals surface area contributed by atoms with Crippen molar-refractivity contribution in [1.82, 2.24) is 14.1 Å². The van der Waals surface area contributed by atoms with E-state index in [0.717, 1.165) is 16.9 Å². The van der Waals surface area contributed by atoms with E-state index in [9.17, 15) is 14.4 Å². The van der Waals surface area contributed by atoms with E-state index in [1.54, 1.807) is 24.4 Å². The molecule has 0 spiro atoms. The molecule has 0 aliphatic heterocycles.